The number of ether oxygens (including phenoxy) is 5. The number of methoxy groups -OCH3 is 5. The fourth-order valence-electron chi connectivity index (χ4n) is 4.04. The molecule has 0 bridgehead atoms. The Morgan fingerprint density at radius 2 is 0.683 bits per heavy atom. The van der Waals surface area contributed by atoms with E-state index in [1.165, 1.54) is 35.5 Å². The van der Waals surface area contributed by atoms with E-state index in [0.29, 0.717) is 45.8 Å². The average molecular weight is 592 g/mol. The van der Waals surface area contributed by atoms with Gasteiger partial charge in [-0.2, -0.15) is 0 Å². The molecule has 240 valence electrons. The maximum atomic E-state index is 11.9. The van der Waals surface area contributed by atoms with Gasteiger partial charge in [-0.15, -0.1) is 0 Å². The summed E-state index contributed by atoms with van der Waals surface area (Å²) in [6.07, 6.45) is 0.820. The number of rotatable bonds is 21. The lowest BCUT2D eigenvalue weighted by Crippen LogP contribution is -2.49. The minimum absolute atomic E-state index is 0.0947. The lowest BCUT2D eigenvalue weighted by atomic mass is 10.1. The van der Waals surface area contributed by atoms with Crippen LogP contribution in [0.3, 0.4) is 0 Å². The van der Waals surface area contributed by atoms with Gasteiger partial charge in [-0.25, -0.2) is 0 Å². The van der Waals surface area contributed by atoms with Gasteiger partial charge < -0.3 is 23.7 Å². The van der Waals surface area contributed by atoms with Gasteiger partial charge in [0.15, 0.2) is 0 Å². The Balaban J connectivity index is 0. The molecule has 0 aliphatic carbocycles. The summed E-state index contributed by atoms with van der Waals surface area (Å²) in [7, 11) is 6.64. The smallest absolute Gasteiger partial charge is 0.306 e. The Kier molecular flexibility index (Phi) is 24.6. The Bertz CT molecular complexity index is 673. The molecule has 0 aromatic heterocycles. The number of carbonyl (C=O) groups excluding carboxylic acids is 5. The zero-order valence-electron chi connectivity index (χ0n) is 26.6. The molecule has 2 unspecified atom stereocenters. The number of hydrogen-bond acceptors (Lipinski definition) is 13. The Hall–Kier alpha value is -2.77. The van der Waals surface area contributed by atoms with Gasteiger partial charge in [0.2, 0.25) is 0 Å². The molecule has 0 aromatic carbocycles. The molecule has 0 amide bonds. The van der Waals surface area contributed by atoms with Crippen molar-refractivity contribution in [2.75, 3.05) is 81.4 Å². The van der Waals surface area contributed by atoms with E-state index < -0.39 is 0 Å². The molecular formula is C28H53N3O10. The maximum absolute atomic E-state index is 11.9. The highest BCUT2D eigenvalue weighted by molar-refractivity contribution is 5.71. The Labute approximate surface area is 245 Å². The van der Waals surface area contributed by atoms with Crippen LogP contribution in [0.4, 0.5) is 0 Å². The van der Waals surface area contributed by atoms with Crippen LogP contribution < -0.4 is 0 Å². The molecule has 0 saturated carbocycles. The van der Waals surface area contributed by atoms with E-state index in [1.807, 2.05) is 37.5 Å². The highest BCUT2D eigenvalue weighted by Gasteiger charge is 2.24. The van der Waals surface area contributed by atoms with Gasteiger partial charge in [-0.05, 0) is 13.8 Å². The van der Waals surface area contributed by atoms with Crippen LogP contribution in [-0.4, -0.2) is 138 Å². The van der Waals surface area contributed by atoms with Crippen molar-refractivity contribution in [1.82, 2.24) is 14.7 Å². The molecule has 13 heteroatoms. The summed E-state index contributed by atoms with van der Waals surface area (Å²) in [5.74, 6) is -1.76. The topological polar surface area (TPSA) is 141 Å². The molecule has 0 spiro atoms. The van der Waals surface area contributed by atoms with Gasteiger partial charge in [0.25, 0.3) is 0 Å². The molecule has 41 heavy (non-hydrogen) atoms. The van der Waals surface area contributed by atoms with Crippen LogP contribution in [-0.2, 0) is 47.7 Å². The van der Waals surface area contributed by atoms with E-state index in [2.05, 4.69) is 4.90 Å². The molecule has 0 N–H and O–H groups in total. The van der Waals surface area contributed by atoms with Crippen LogP contribution in [0.5, 0.6) is 0 Å². The molecule has 0 aromatic rings. The summed E-state index contributed by atoms with van der Waals surface area (Å²) in [6, 6.07) is -0.189. The van der Waals surface area contributed by atoms with Gasteiger partial charge >= 0.3 is 29.8 Å². The van der Waals surface area contributed by atoms with Crippen molar-refractivity contribution in [2.45, 2.75) is 71.9 Å². The van der Waals surface area contributed by atoms with Crippen LogP contribution in [0.2, 0.25) is 0 Å². The third-order valence-electron chi connectivity index (χ3n) is 6.47. The lowest BCUT2D eigenvalue weighted by molar-refractivity contribution is -0.143. The van der Waals surface area contributed by atoms with Crippen molar-refractivity contribution in [2.24, 2.45) is 0 Å². The summed E-state index contributed by atoms with van der Waals surface area (Å²) >= 11 is 0. The fourth-order valence-corrected chi connectivity index (χ4v) is 4.04. The summed E-state index contributed by atoms with van der Waals surface area (Å²) in [6.45, 7) is 11.0. The maximum Gasteiger partial charge on any atom is 0.306 e. The van der Waals surface area contributed by atoms with Gasteiger partial charge in [0.05, 0.1) is 67.7 Å². The van der Waals surface area contributed by atoms with Gasteiger partial charge in [-0.3, -0.25) is 38.7 Å². The summed E-state index contributed by atoms with van der Waals surface area (Å²) in [5.41, 5.74) is 0. The molecule has 0 fully saturated rings. The number of carbonyl (C=O) groups is 5. The quantitative estimate of drug-likeness (QED) is 0.141. The third kappa shape index (κ3) is 19.9. The summed E-state index contributed by atoms with van der Waals surface area (Å²) in [5, 5.41) is 0. The van der Waals surface area contributed by atoms with Crippen LogP contribution in [0.25, 0.3) is 0 Å². The second-order valence-electron chi connectivity index (χ2n) is 9.16. The molecule has 0 radical (unpaired) electrons. The second-order valence-corrected chi connectivity index (χ2v) is 9.16. The highest BCUT2D eigenvalue weighted by Crippen LogP contribution is 2.11. The first-order valence-corrected chi connectivity index (χ1v) is 14.1. The standard InChI is InChI=1S/C26H47N3O10.C2H6/c1-20(28(14-9-23(31)36-4)15-10-24(32)37-5)18-27(13-8-22(30)35-3)19-21(2)29(16-11-25(33)38-6)17-12-26(34)39-7;1-2/h20-21H,8-19H2,1-7H3;1-2H3. The van der Waals surface area contributed by atoms with E-state index in [0.717, 1.165) is 0 Å². The van der Waals surface area contributed by atoms with E-state index >= 15 is 0 Å². The molecule has 13 nitrogen and oxygen atoms in total. The zero-order valence-corrected chi connectivity index (χ0v) is 26.6. The monoisotopic (exact) mass is 591 g/mol. The predicted molar refractivity (Wildman–Crippen MR) is 153 cm³/mol. The fraction of sp³-hybridized carbons (Fsp3) is 0.821. The first-order valence-electron chi connectivity index (χ1n) is 14.1. The van der Waals surface area contributed by atoms with Crippen molar-refractivity contribution in [3.63, 3.8) is 0 Å². The molecule has 0 heterocycles. The first kappa shape index (κ1) is 40.4. The highest BCUT2D eigenvalue weighted by atomic mass is 16.5. The van der Waals surface area contributed by atoms with Crippen LogP contribution >= 0.6 is 0 Å². The van der Waals surface area contributed by atoms with Crippen molar-refractivity contribution >= 4 is 29.8 Å². The van der Waals surface area contributed by atoms with E-state index in [9.17, 15) is 24.0 Å². The van der Waals surface area contributed by atoms with Crippen molar-refractivity contribution in [1.29, 1.82) is 0 Å². The van der Waals surface area contributed by atoms with Crippen LogP contribution in [0, 0.1) is 0 Å². The molecule has 0 aliphatic rings. The van der Waals surface area contributed by atoms with Crippen LogP contribution in [0.15, 0.2) is 0 Å². The predicted octanol–water partition coefficient (Wildman–Crippen LogP) is 1.51. The van der Waals surface area contributed by atoms with Gasteiger partial charge in [0, 0.05) is 57.9 Å². The third-order valence-corrected chi connectivity index (χ3v) is 6.47. The molecule has 2 atom stereocenters. The summed E-state index contributed by atoms with van der Waals surface area (Å²) in [4.78, 5) is 65.1. The van der Waals surface area contributed by atoms with Gasteiger partial charge in [0.1, 0.15) is 0 Å². The zero-order chi connectivity index (χ0) is 31.8. The largest absolute Gasteiger partial charge is 0.469 e. The minimum Gasteiger partial charge on any atom is -0.469 e. The average Bonchev–Trinajstić information content (AvgIpc) is 2.99. The number of nitrogens with zero attached hydrogens (tertiary/aromatic N) is 3. The number of esters is 5. The molecule has 0 aliphatic heterocycles. The summed E-state index contributed by atoms with van der Waals surface area (Å²) < 4.78 is 23.9. The van der Waals surface area contributed by atoms with Crippen molar-refractivity contribution in [3.05, 3.63) is 0 Å². The van der Waals surface area contributed by atoms with Crippen molar-refractivity contribution in [3.8, 4) is 0 Å². The lowest BCUT2D eigenvalue weighted by Gasteiger charge is -2.37. The van der Waals surface area contributed by atoms with Gasteiger partial charge in [-0.1, -0.05) is 13.8 Å². The van der Waals surface area contributed by atoms with Crippen LogP contribution in [0.1, 0.15) is 59.8 Å². The Morgan fingerprint density at radius 1 is 0.463 bits per heavy atom. The molecule has 0 saturated heterocycles. The first-order chi connectivity index (χ1) is 19.5. The SMILES string of the molecule is CC.COC(=O)CCN(CC(C)N(CCC(=O)OC)CCC(=O)OC)CC(C)N(CCC(=O)OC)CCC(=O)OC. The van der Waals surface area contributed by atoms with Crippen molar-refractivity contribution < 1.29 is 47.7 Å². The number of hydrogen-bond donors (Lipinski definition) is 0. The van der Waals surface area contributed by atoms with E-state index in [4.69, 9.17) is 23.7 Å². The minimum atomic E-state index is -0.353. The molecular weight excluding hydrogens is 538 g/mol. The van der Waals surface area contributed by atoms with E-state index in [1.54, 1.807) is 0 Å². The second kappa shape index (κ2) is 25.0. The van der Waals surface area contributed by atoms with E-state index in [-0.39, 0.29) is 74.0 Å². The molecule has 0 rings (SSSR count). The Morgan fingerprint density at radius 3 is 0.902 bits per heavy atom. The normalized spacial score (nSPS) is 12.2.